The third kappa shape index (κ3) is 69.9. The average Bonchev–Trinajstić information content (AvgIpc) is 3.50. The van der Waals surface area contributed by atoms with Crippen molar-refractivity contribution in [3.8, 4) is 0 Å². The second-order valence-corrected chi connectivity index (χ2v) is 26.2. The number of ether oxygens (including phenoxy) is 4. The summed E-state index contributed by atoms with van der Waals surface area (Å²) in [5.74, 6) is -2.28. The lowest BCUT2D eigenvalue weighted by Crippen LogP contribution is -2.44. The molecule has 0 aliphatic rings. The monoisotopic (exact) mass is 1230 g/mol. The molecule has 0 saturated heterocycles. The van der Waals surface area contributed by atoms with Crippen LogP contribution in [0, 0.1) is 0 Å². The molecule has 0 spiro atoms. The van der Waals surface area contributed by atoms with Gasteiger partial charge in [-0.05, 0) is 70.6 Å². The van der Waals surface area contributed by atoms with Crippen LogP contribution in [0.2, 0.25) is 0 Å². The number of aliphatic carboxylic acids is 1. The molecule has 0 radical (unpaired) electrons. The minimum Gasteiger partial charge on any atom is -0.545 e. The van der Waals surface area contributed by atoms with Crippen molar-refractivity contribution in [2.45, 2.75) is 354 Å². The Morgan fingerprint density at radius 1 is 0.352 bits per heavy atom. The van der Waals surface area contributed by atoms with Gasteiger partial charge in [-0.3, -0.25) is 9.59 Å². The third-order valence-electron chi connectivity index (χ3n) is 16.4. The lowest BCUT2D eigenvalue weighted by molar-refractivity contribution is -0.870. The highest BCUT2D eigenvalue weighted by Gasteiger charge is 2.22. The van der Waals surface area contributed by atoms with E-state index in [0.29, 0.717) is 23.9 Å². The molecule has 0 saturated carbocycles. The predicted molar refractivity (Wildman–Crippen MR) is 375 cm³/mol. The molecule has 0 N–H and O–H groups in total. The first-order valence-corrected chi connectivity index (χ1v) is 37.2. The number of rotatable bonds is 69. The lowest BCUT2D eigenvalue weighted by Gasteiger charge is -2.26. The van der Waals surface area contributed by atoms with Crippen LogP contribution in [0.15, 0.2) is 85.1 Å². The van der Waals surface area contributed by atoms with E-state index in [4.69, 9.17) is 18.9 Å². The molecule has 0 aromatic rings. The lowest BCUT2D eigenvalue weighted by atomic mass is 10.0. The van der Waals surface area contributed by atoms with Gasteiger partial charge in [0.2, 0.25) is 0 Å². The van der Waals surface area contributed by atoms with Crippen molar-refractivity contribution in [1.29, 1.82) is 0 Å². The predicted octanol–water partition coefficient (Wildman–Crippen LogP) is 22.1. The van der Waals surface area contributed by atoms with Crippen molar-refractivity contribution >= 4 is 17.9 Å². The Morgan fingerprint density at radius 3 is 0.966 bits per heavy atom. The van der Waals surface area contributed by atoms with Gasteiger partial charge in [-0.2, -0.15) is 0 Å². The molecule has 0 aromatic heterocycles. The number of hydrogen-bond acceptors (Lipinski definition) is 8. The van der Waals surface area contributed by atoms with Crippen molar-refractivity contribution in [3.63, 3.8) is 0 Å². The van der Waals surface area contributed by atoms with Gasteiger partial charge < -0.3 is 33.3 Å². The average molecular weight is 1230 g/mol. The van der Waals surface area contributed by atoms with Crippen molar-refractivity contribution in [2.75, 3.05) is 47.5 Å². The van der Waals surface area contributed by atoms with Crippen LogP contribution in [0.4, 0.5) is 0 Å². The number of esters is 2. The van der Waals surface area contributed by atoms with Crippen LogP contribution in [0.3, 0.4) is 0 Å². The molecule has 0 bridgehead atoms. The van der Waals surface area contributed by atoms with Gasteiger partial charge in [-0.1, -0.05) is 343 Å². The quantitative estimate of drug-likeness (QED) is 0.0195. The summed E-state index contributed by atoms with van der Waals surface area (Å²) < 4.78 is 22.8. The summed E-state index contributed by atoms with van der Waals surface area (Å²) in [5, 5.41) is 11.8. The van der Waals surface area contributed by atoms with E-state index in [9.17, 15) is 19.5 Å². The zero-order chi connectivity index (χ0) is 64.0. The summed E-state index contributed by atoms with van der Waals surface area (Å²) in [6, 6.07) is 0. The highest BCUT2D eigenvalue weighted by molar-refractivity contribution is 5.70. The van der Waals surface area contributed by atoms with Gasteiger partial charge >= 0.3 is 11.9 Å². The Morgan fingerprint density at radius 2 is 0.648 bits per heavy atom. The number of carbonyl (C=O) groups is 3. The summed E-state index contributed by atoms with van der Waals surface area (Å²) >= 11 is 0. The van der Waals surface area contributed by atoms with Crippen LogP contribution in [0.25, 0.3) is 0 Å². The molecule has 0 aliphatic carbocycles. The normalized spacial score (nSPS) is 13.1. The molecule has 2 atom stereocenters. The van der Waals surface area contributed by atoms with Gasteiger partial charge in [0.25, 0.3) is 0 Å². The van der Waals surface area contributed by atoms with E-state index < -0.39 is 24.3 Å². The van der Waals surface area contributed by atoms with Gasteiger partial charge in [-0.25, -0.2) is 0 Å². The zero-order valence-corrected chi connectivity index (χ0v) is 58.3. The molecule has 510 valence electrons. The first-order valence-electron chi connectivity index (χ1n) is 37.2. The van der Waals surface area contributed by atoms with E-state index in [-0.39, 0.29) is 32.2 Å². The Labute approximate surface area is 544 Å². The number of quaternary nitrogens is 1. The second-order valence-electron chi connectivity index (χ2n) is 26.2. The summed E-state index contributed by atoms with van der Waals surface area (Å²) in [4.78, 5) is 37.5. The van der Waals surface area contributed by atoms with E-state index in [2.05, 4.69) is 98.9 Å². The number of carbonyl (C=O) groups excluding carboxylic acids is 3. The SMILES string of the molecule is CC/C=C\C/C=C\C/C=C\C/C=C\C/C=C\C/C=C\C/C=C\CCCCCCCCCCCC(=O)OC(COC(=O)CCCCCCCCCCCCCCCCCCCCCCCCCCCCCCCCCC)COC(OCC[N+](C)(C)C)C(=O)[O-]. The third-order valence-corrected chi connectivity index (χ3v) is 16.4. The van der Waals surface area contributed by atoms with E-state index in [1.54, 1.807) is 0 Å². The van der Waals surface area contributed by atoms with Gasteiger partial charge in [0, 0.05) is 12.8 Å². The molecule has 0 amide bonds. The molecule has 2 unspecified atom stereocenters. The first kappa shape index (κ1) is 84.5. The fraction of sp³-hybridized carbons (Fsp3) is 0.785. The summed E-state index contributed by atoms with van der Waals surface area (Å²) in [5.41, 5.74) is 0. The van der Waals surface area contributed by atoms with E-state index in [1.165, 1.54) is 218 Å². The largest absolute Gasteiger partial charge is 0.545 e. The van der Waals surface area contributed by atoms with Crippen LogP contribution in [0.1, 0.15) is 341 Å². The Balaban J connectivity index is 4.08. The minimum absolute atomic E-state index is 0.145. The molecule has 0 rings (SSSR count). The Bertz CT molecular complexity index is 1720. The van der Waals surface area contributed by atoms with E-state index in [0.717, 1.165) is 89.9 Å². The molecule has 0 fully saturated rings. The maximum absolute atomic E-state index is 12.9. The number of carboxylic acids is 1. The number of allylic oxidation sites excluding steroid dienone is 14. The molecule has 0 aliphatic heterocycles. The molecule has 88 heavy (non-hydrogen) atoms. The fourth-order valence-corrected chi connectivity index (χ4v) is 10.8. The highest BCUT2D eigenvalue weighted by Crippen LogP contribution is 2.19. The van der Waals surface area contributed by atoms with Crippen molar-refractivity contribution in [3.05, 3.63) is 85.1 Å². The van der Waals surface area contributed by atoms with Gasteiger partial charge in [0.05, 0.1) is 40.3 Å². The Hall–Kier alpha value is -3.53. The molecule has 9 heteroatoms. The molecule has 0 aromatic carbocycles. The number of carboxylic acid groups (broad SMARTS) is 1. The standard InChI is InChI=1S/C79H141NO8/c1-6-8-10-12-14-16-18-20-22-24-26-28-30-32-34-36-38-40-41-43-45-47-49-51-53-55-57-59-61-63-65-67-69-76(81)86-73-75(74-87-79(78(83)84)85-72-71-80(3,4)5)88-77(82)70-68-66-64-62-60-58-56-54-52-50-48-46-44-42-39-37-35-33-31-29-27-25-23-21-19-17-15-13-11-9-7-2/h9,11,15,17,21,23,27,29,33,35,39,42,46,48,75,79H,6-8,10,12-14,16,18-20,22,24-26,28,30-32,34,36-38,40-41,43-45,47,49-74H2,1-5H3/b11-9-,17-15-,23-21-,29-27-,35-33-,42-39-,48-46-. The van der Waals surface area contributed by atoms with E-state index in [1.807, 2.05) is 21.1 Å². The molecular weight excluding hydrogens is 1090 g/mol. The smallest absolute Gasteiger partial charge is 0.306 e. The highest BCUT2D eigenvalue weighted by atomic mass is 16.7. The summed E-state index contributed by atoms with van der Waals surface area (Å²) in [6.07, 6.45) is 91.1. The summed E-state index contributed by atoms with van der Waals surface area (Å²) in [7, 11) is 5.93. The van der Waals surface area contributed by atoms with Crippen LogP contribution >= 0.6 is 0 Å². The second kappa shape index (κ2) is 69.4. The van der Waals surface area contributed by atoms with Gasteiger partial charge in [0.15, 0.2) is 12.4 Å². The number of likely N-dealkylation sites (N-methyl/N-ethyl adjacent to an activating group) is 1. The molecule has 0 heterocycles. The number of nitrogens with zero attached hydrogens (tertiary/aromatic N) is 1. The van der Waals surface area contributed by atoms with Crippen molar-refractivity contribution in [1.82, 2.24) is 0 Å². The van der Waals surface area contributed by atoms with Crippen LogP contribution in [-0.4, -0.2) is 82.3 Å². The Kier molecular flexibility index (Phi) is 66.6. The number of unbranched alkanes of at least 4 members (excludes halogenated alkanes) is 40. The van der Waals surface area contributed by atoms with Crippen molar-refractivity contribution < 1.29 is 42.9 Å². The van der Waals surface area contributed by atoms with Gasteiger partial charge in [-0.15, -0.1) is 0 Å². The summed E-state index contributed by atoms with van der Waals surface area (Å²) in [6.45, 7) is 4.67. The maximum atomic E-state index is 12.9. The number of hydrogen-bond donors (Lipinski definition) is 0. The van der Waals surface area contributed by atoms with Crippen molar-refractivity contribution in [2.24, 2.45) is 0 Å². The zero-order valence-electron chi connectivity index (χ0n) is 58.3. The fourth-order valence-electron chi connectivity index (χ4n) is 10.8. The topological polar surface area (TPSA) is 111 Å². The van der Waals surface area contributed by atoms with Crippen LogP contribution in [0.5, 0.6) is 0 Å². The molecule has 9 nitrogen and oxygen atoms in total. The first-order chi connectivity index (χ1) is 43.1. The van der Waals surface area contributed by atoms with Crippen LogP contribution < -0.4 is 5.11 Å². The maximum Gasteiger partial charge on any atom is 0.306 e. The van der Waals surface area contributed by atoms with E-state index >= 15 is 0 Å². The van der Waals surface area contributed by atoms with Gasteiger partial charge in [0.1, 0.15) is 13.2 Å². The molecular formula is C79H141NO8. The minimum atomic E-state index is -1.63. The van der Waals surface area contributed by atoms with Crippen LogP contribution in [-0.2, 0) is 33.3 Å².